The number of ether oxygens (including phenoxy) is 2. The number of aliphatic hydroxyl groups is 1. The highest BCUT2D eigenvalue weighted by Gasteiger charge is 2.49. The van der Waals surface area contributed by atoms with Crippen LogP contribution in [0.2, 0.25) is 10.0 Å². The highest BCUT2D eigenvalue weighted by atomic mass is 35.5. The lowest BCUT2D eigenvalue weighted by Gasteiger charge is -2.35. The van der Waals surface area contributed by atoms with Gasteiger partial charge in [0.1, 0.15) is 18.2 Å². The van der Waals surface area contributed by atoms with Gasteiger partial charge in [-0.25, -0.2) is 9.97 Å². The molecule has 154 valence electrons. The highest BCUT2D eigenvalue weighted by Crippen LogP contribution is 2.43. The van der Waals surface area contributed by atoms with E-state index in [-0.39, 0.29) is 12.3 Å². The molecule has 1 aliphatic heterocycles. The van der Waals surface area contributed by atoms with Gasteiger partial charge in [-0.2, -0.15) is 0 Å². The third kappa shape index (κ3) is 4.27. The molecule has 1 saturated heterocycles. The van der Waals surface area contributed by atoms with Gasteiger partial charge in [0.25, 0.3) is 0 Å². The van der Waals surface area contributed by atoms with Gasteiger partial charge < -0.3 is 19.1 Å². The Hall–Kier alpha value is -1.70. The molecular weight excluding hydrogens is 413 g/mol. The van der Waals surface area contributed by atoms with Gasteiger partial charge in [0.15, 0.2) is 5.79 Å². The zero-order valence-corrected chi connectivity index (χ0v) is 18.0. The van der Waals surface area contributed by atoms with E-state index in [9.17, 15) is 5.11 Å². The fourth-order valence-corrected chi connectivity index (χ4v) is 4.30. The number of aromatic nitrogens is 3. The molecular formula is C21H23Cl2N3O3. The lowest BCUT2D eigenvalue weighted by molar-refractivity contribution is -0.251. The van der Waals surface area contributed by atoms with E-state index in [4.69, 9.17) is 32.7 Å². The maximum absolute atomic E-state index is 10.4. The molecule has 1 aromatic carbocycles. The largest absolute Gasteiger partial charge is 0.366 e. The van der Waals surface area contributed by atoms with Crippen molar-refractivity contribution in [2.75, 3.05) is 0 Å². The molecule has 0 radical (unpaired) electrons. The zero-order valence-electron chi connectivity index (χ0n) is 16.5. The van der Waals surface area contributed by atoms with Crippen LogP contribution >= 0.6 is 23.2 Å². The third-order valence-electron chi connectivity index (χ3n) is 5.16. The molecule has 0 bridgehead atoms. The van der Waals surface area contributed by atoms with Crippen molar-refractivity contribution in [3.8, 4) is 0 Å². The van der Waals surface area contributed by atoms with Gasteiger partial charge in [-0.05, 0) is 44.5 Å². The maximum Gasteiger partial charge on any atom is 0.160 e. The zero-order chi connectivity index (χ0) is 20.8. The summed E-state index contributed by atoms with van der Waals surface area (Å²) in [5.74, 6) is -1.30. The molecule has 3 heterocycles. The van der Waals surface area contributed by atoms with Crippen molar-refractivity contribution in [3.63, 3.8) is 0 Å². The van der Waals surface area contributed by atoms with Crippen LogP contribution < -0.4 is 0 Å². The van der Waals surface area contributed by atoms with Crippen LogP contribution in [0.3, 0.4) is 0 Å². The first-order chi connectivity index (χ1) is 13.6. The van der Waals surface area contributed by atoms with Crippen LogP contribution in [-0.2, 0) is 15.9 Å². The summed E-state index contributed by atoms with van der Waals surface area (Å²) in [6.45, 7) is 5.22. The summed E-state index contributed by atoms with van der Waals surface area (Å²) in [4.78, 5) is 8.46. The summed E-state index contributed by atoms with van der Waals surface area (Å²) in [7, 11) is 0. The molecule has 29 heavy (non-hydrogen) atoms. The van der Waals surface area contributed by atoms with Crippen molar-refractivity contribution in [1.29, 1.82) is 0 Å². The average molecular weight is 436 g/mol. The van der Waals surface area contributed by atoms with Crippen LogP contribution in [-0.4, -0.2) is 37.1 Å². The molecule has 2 aromatic heterocycles. The second-order valence-electron chi connectivity index (χ2n) is 8.12. The average Bonchev–Trinajstić information content (AvgIpc) is 3.18. The smallest absolute Gasteiger partial charge is 0.160 e. The summed E-state index contributed by atoms with van der Waals surface area (Å²) in [5, 5.41) is 12.3. The summed E-state index contributed by atoms with van der Waals surface area (Å²) >= 11 is 12.2. The summed E-state index contributed by atoms with van der Waals surface area (Å²) in [5.41, 5.74) is 1.06. The number of fused-ring (bicyclic) bond motifs is 1. The fraction of sp³-hybridized carbons (Fsp3) is 0.429. The van der Waals surface area contributed by atoms with Crippen molar-refractivity contribution in [3.05, 3.63) is 58.6 Å². The quantitative estimate of drug-likeness (QED) is 0.584. The number of halogens is 2. The van der Waals surface area contributed by atoms with Crippen molar-refractivity contribution in [1.82, 2.24) is 14.5 Å². The van der Waals surface area contributed by atoms with Crippen LogP contribution in [0, 0.1) is 0 Å². The minimum Gasteiger partial charge on any atom is -0.366 e. The molecule has 1 fully saturated rings. The number of hydrogen-bond acceptors (Lipinski definition) is 5. The Balaban J connectivity index is 1.66. The number of benzene rings is 1. The summed E-state index contributed by atoms with van der Waals surface area (Å²) < 4.78 is 14.5. The molecule has 3 atom stereocenters. The highest BCUT2D eigenvalue weighted by molar-refractivity contribution is 6.42. The van der Waals surface area contributed by atoms with Crippen LogP contribution in [0.4, 0.5) is 0 Å². The Kier molecular flexibility index (Phi) is 5.34. The van der Waals surface area contributed by atoms with E-state index in [1.807, 2.05) is 35.9 Å². The van der Waals surface area contributed by atoms with Gasteiger partial charge in [-0.15, -0.1) is 0 Å². The van der Waals surface area contributed by atoms with Crippen LogP contribution in [0.15, 0.2) is 43.0 Å². The molecule has 0 saturated carbocycles. The molecule has 1 aliphatic rings. The predicted octanol–water partition coefficient (Wildman–Crippen LogP) is 4.77. The Morgan fingerprint density at radius 1 is 1.31 bits per heavy atom. The summed E-state index contributed by atoms with van der Waals surface area (Å²) in [6, 6.07) is 7.49. The van der Waals surface area contributed by atoms with Crippen LogP contribution in [0.25, 0.3) is 11.0 Å². The Labute approximate surface area is 179 Å². The molecule has 8 heteroatoms. The van der Waals surface area contributed by atoms with E-state index < -0.39 is 11.4 Å². The fourth-order valence-electron chi connectivity index (χ4n) is 3.98. The lowest BCUT2D eigenvalue weighted by atomic mass is 9.91. The molecule has 0 aliphatic carbocycles. The number of rotatable bonds is 5. The Bertz CT molecular complexity index is 1030. The maximum atomic E-state index is 10.4. The number of hydrogen-bond donors (Lipinski definition) is 1. The molecule has 4 rings (SSSR count). The van der Waals surface area contributed by atoms with Gasteiger partial charge in [0.05, 0.1) is 21.8 Å². The Morgan fingerprint density at radius 2 is 2.10 bits per heavy atom. The van der Waals surface area contributed by atoms with E-state index in [2.05, 4.69) is 9.97 Å². The molecule has 0 spiro atoms. The molecule has 3 unspecified atom stereocenters. The van der Waals surface area contributed by atoms with Gasteiger partial charge in [0, 0.05) is 30.6 Å². The number of nitrogens with zero attached hydrogens (tertiary/aromatic N) is 3. The van der Waals surface area contributed by atoms with E-state index >= 15 is 0 Å². The molecule has 6 nitrogen and oxygen atoms in total. The minimum absolute atomic E-state index is 0.289. The predicted molar refractivity (Wildman–Crippen MR) is 112 cm³/mol. The lowest BCUT2D eigenvalue weighted by Crippen LogP contribution is -2.45. The topological polar surface area (TPSA) is 69.4 Å². The Morgan fingerprint density at radius 3 is 2.83 bits per heavy atom. The first-order valence-electron chi connectivity index (χ1n) is 9.43. The normalized spacial score (nSPS) is 25.0. The second kappa shape index (κ2) is 7.52. The van der Waals surface area contributed by atoms with Crippen molar-refractivity contribution >= 4 is 34.2 Å². The van der Waals surface area contributed by atoms with Crippen LogP contribution in [0.5, 0.6) is 0 Å². The molecule has 0 amide bonds. The van der Waals surface area contributed by atoms with E-state index in [0.717, 1.165) is 16.6 Å². The second-order valence-corrected chi connectivity index (χ2v) is 8.94. The monoisotopic (exact) mass is 435 g/mol. The van der Waals surface area contributed by atoms with Gasteiger partial charge >= 0.3 is 0 Å². The first kappa shape index (κ1) is 20.6. The van der Waals surface area contributed by atoms with Crippen LogP contribution in [0.1, 0.15) is 39.0 Å². The third-order valence-corrected chi connectivity index (χ3v) is 5.90. The van der Waals surface area contributed by atoms with E-state index in [0.29, 0.717) is 22.9 Å². The summed E-state index contributed by atoms with van der Waals surface area (Å²) in [6.07, 6.45) is 5.75. The van der Waals surface area contributed by atoms with Gasteiger partial charge in [-0.3, -0.25) is 0 Å². The van der Waals surface area contributed by atoms with E-state index in [1.54, 1.807) is 26.1 Å². The molecule has 1 N–H and O–H groups in total. The van der Waals surface area contributed by atoms with Crippen molar-refractivity contribution < 1.29 is 14.6 Å². The molecule has 3 aromatic rings. The minimum atomic E-state index is -1.30. The standard InChI is InChI=1S/C21H23Cl2N3O3/c1-20(2,27)29-21(3)10-18(26-7-6-14-11-24-12-25-19(14)26)28-17(21)9-13-4-5-15(22)16(23)8-13/h4-8,11-12,17-18,27H,9-10H2,1-3H3. The van der Waals surface area contributed by atoms with Crippen molar-refractivity contribution in [2.45, 2.75) is 57.3 Å². The first-order valence-corrected chi connectivity index (χ1v) is 10.2. The van der Waals surface area contributed by atoms with Gasteiger partial charge in [0.2, 0.25) is 0 Å². The van der Waals surface area contributed by atoms with Crippen molar-refractivity contribution in [2.24, 2.45) is 0 Å². The van der Waals surface area contributed by atoms with Gasteiger partial charge in [-0.1, -0.05) is 29.3 Å². The SMILES string of the molecule is CC(C)(O)OC1(C)CC(n2ccc3cncnc32)OC1Cc1ccc(Cl)c(Cl)c1. The van der Waals surface area contributed by atoms with E-state index in [1.165, 1.54) is 6.33 Å².